The molecule has 0 fully saturated rings. The molecular weight excluding hydrogens is 276 g/mol. The third-order valence-electron chi connectivity index (χ3n) is 2.81. The number of Topliss-reactive ketones (excluding diaryl/α,β-unsaturated/α-hetero) is 1. The molecule has 6 nitrogen and oxygen atoms in total. The van der Waals surface area contributed by atoms with Gasteiger partial charge in [-0.1, -0.05) is 27.7 Å². The lowest BCUT2D eigenvalue weighted by Crippen LogP contribution is -2.56. The smallest absolute Gasteiger partial charge is 0.373 e. The van der Waals surface area contributed by atoms with E-state index < -0.39 is 23.6 Å². The second-order valence-electron chi connectivity index (χ2n) is 4.75. The second kappa shape index (κ2) is 10.7. The Hall–Kier alpha value is -0.980. The van der Waals surface area contributed by atoms with E-state index in [1.165, 1.54) is 0 Å². The summed E-state index contributed by atoms with van der Waals surface area (Å²) in [6.07, 6.45) is 1.46. The quantitative estimate of drug-likeness (QED) is 0.415. The molecule has 0 bridgehead atoms. The summed E-state index contributed by atoms with van der Waals surface area (Å²) in [7, 11) is 0. The highest BCUT2D eigenvalue weighted by Crippen LogP contribution is 2.21. The molecule has 0 radical (unpaired) electrons. The van der Waals surface area contributed by atoms with Gasteiger partial charge in [0.25, 0.3) is 0 Å². The van der Waals surface area contributed by atoms with Crippen LogP contribution in [0.5, 0.6) is 0 Å². The third-order valence-corrected chi connectivity index (χ3v) is 2.81. The van der Waals surface area contributed by atoms with E-state index in [1.807, 2.05) is 20.8 Å². The van der Waals surface area contributed by atoms with Crippen molar-refractivity contribution in [3.05, 3.63) is 0 Å². The number of aliphatic carboxylic acids is 1. The summed E-state index contributed by atoms with van der Waals surface area (Å²) in [6.45, 7) is 8.01. The Balaban J connectivity index is 5.28. The van der Waals surface area contributed by atoms with Crippen molar-refractivity contribution >= 4 is 11.8 Å². The first-order chi connectivity index (χ1) is 9.99. The summed E-state index contributed by atoms with van der Waals surface area (Å²) < 4.78 is 16.1. The van der Waals surface area contributed by atoms with Crippen LogP contribution in [0.2, 0.25) is 0 Å². The fraction of sp³-hybridized carbons (Fsp3) is 0.867. The van der Waals surface area contributed by atoms with Gasteiger partial charge >= 0.3 is 11.8 Å². The van der Waals surface area contributed by atoms with Crippen LogP contribution in [0.4, 0.5) is 0 Å². The minimum atomic E-state index is -2.26. The molecular formula is C15H28O6. The lowest BCUT2D eigenvalue weighted by atomic mass is 10.0. The van der Waals surface area contributed by atoms with Gasteiger partial charge in [0, 0.05) is 6.61 Å². The molecule has 6 heteroatoms. The van der Waals surface area contributed by atoms with Gasteiger partial charge in [-0.2, -0.15) is 0 Å². The largest absolute Gasteiger partial charge is 0.477 e. The summed E-state index contributed by atoms with van der Waals surface area (Å²) in [4.78, 5) is 24.2. The molecule has 0 heterocycles. The summed E-state index contributed by atoms with van der Waals surface area (Å²) in [5.74, 6) is -4.36. The predicted molar refractivity (Wildman–Crippen MR) is 78.2 cm³/mol. The number of carboxylic acids is 1. The van der Waals surface area contributed by atoms with Crippen molar-refractivity contribution in [2.75, 3.05) is 19.8 Å². The number of rotatable bonds is 13. The fourth-order valence-corrected chi connectivity index (χ4v) is 1.76. The zero-order valence-corrected chi connectivity index (χ0v) is 13.5. The Morgan fingerprint density at radius 3 is 1.76 bits per heavy atom. The molecule has 0 aliphatic rings. The number of carbonyl (C=O) groups is 2. The monoisotopic (exact) mass is 304 g/mol. The first-order valence-corrected chi connectivity index (χ1v) is 7.67. The van der Waals surface area contributed by atoms with Crippen LogP contribution in [0.25, 0.3) is 0 Å². The lowest BCUT2D eigenvalue weighted by Gasteiger charge is -2.30. The Labute approximate surface area is 126 Å². The molecule has 1 N–H and O–H groups in total. The van der Waals surface area contributed by atoms with E-state index in [2.05, 4.69) is 0 Å². The molecule has 1 unspecified atom stereocenters. The molecule has 0 aromatic carbocycles. The minimum Gasteiger partial charge on any atom is -0.477 e. The van der Waals surface area contributed by atoms with Gasteiger partial charge in [0.1, 0.15) is 6.10 Å². The molecule has 0 amide bonds. The topological polar surface area (TPSA) is 82.1 Å². The molecule has 0 aromatic heterocycles. The van der Waals surface area contributed by atoms with Gasteiger partial charge in [-0.15, -0.1) is 0 Å². The van der Waals surface area contributed by atoms with Gasteiger partial charge in [-0.3, -0.25) is 4.79 Å². The maximum atomic E-state index is 12.6. The van der Waals surface area contributed by atoms with Gasteiger partial charge < -0.3 is 19.3 Å². The highest BCUT2D eigenvalue weighted by atomic mass is 16.7. The first kappa shape index (κ1) is 20.0. The Morgan fingerprint density at radius 1 is 0.952 bits per heavy atom. The van der Waals surface area contributed by atoms with E-state index in [1.54, 1.807) is 6.92 Å². The maximum Gasteiger partial charge on any atom is 0.373 e. The third kappa shape index (κ3) is 5.73. The van der Waals surface area contributed by atoms with Gasteiger partial charge in [-0.25, -0.2) is 4.79 Å². The van der Waals surface area contributed by atoms with Crippen molar-refractivity contribution < 1.29 is 28.9 Å². The average Bonchev–Trinajstić information content (AvgIpc) is 2.48. The molecule has 0 saturated heterocycles. The molecule has 0 rings (SSSR count). The number of ether oxygens (including phenoxy) is 3. The molecule has 0 saturated carbocycles. The zero-order valence-electron chi connectivity index (χ0n) is 13.5. The predicted octanol–water partition coefficient (Wildman–Crippen LogP) is 2.39. The summed E-state index contributed by atoms with van der Waals surface area (Å²) in [5, 5.41) is 9.49. The summed E-state index contributed by atoms with van der Waals surface area (Å²) >= 11 is 0. The van der Waals surface area contributed by atoms with E-state index in [4.69, 9.17) is 14.2 Å². The van der Waals surface area contributed by atoms with E-state index in [0.717, 1.165) is 6.42 Å². The molecule has 124 valence electrons. The summed E-state index contributed by atoms with van der Waals surface area (Å²) in [6, 6.07) is 0. The first-order valence-electron chi connectivity index (χ1n) is 7.67. The number of hydrogen-bond donors (Lipinski definition) is 1. The number of carbonyl (C=O) groups excluding carboxylic acids is 1. The number of carboxylic acid groups (broad SMARTS) is 1. The van der Waals surface area contributed by atoms with Crippen LogP contribution in [0.1, 0.15) is 53.4 Å². The number of hydrogen-bond acceptors (Lipinski definition) is 5. The van der Waals surface area contributed by atoms with E-state index >= 15 is 0 Å². The standard InChI is InChI=1S/C15H28O6/c1-5-9-19-12(8-4)13(16)15(14(17)18,20-10-6-2)21-11-7-3/h12H,5-11H2,1-4H3,(H,17,18). The molecule has 1 atom stereocenters. The van der Waals surface area contributed by atoms with E-state index in [-0.39, 0.29) is 13.2 Å². The Bertz CT molecular complexity index is 307. The summed E-state index contributed by atoms with van der Waals surface area (Å²) in [5.41, 5.74) is 0. The van der Waals surface area contributed by atoms with Crippen LogP contribution in [0, 0.1) is 0 Å². The van der Waals surface area contributed by atoms with Crippen LogP contribution in [0.3, 0.4) is 0 Å². The maximum absolute atomic E-state index is 12.6. The number of ketones is 1. The lowest BCUT2D eigenvalue weighted by molar-refractivity contribution is -0.241. The van der Waals surface area contributed by atoms with Crippen molar-refractivity contribution in [1.82, 2.24) is 0 Å². The van der Waals surface area contributed by atoms with E-state index in [0.29, 0.717) is 25.9 Å². The molecule has 0 aromatic rings. The normalized spacial score (nSPS) is 13.1. The van der Waals surface area contributed by atoms with Crippen molar-refractivity contribution in [2.45, 2.75) is 65.3 Å². The van der Waals surface area contributed by atoms with Gasteiger partial charge in [0.2, 0.25) is 5.78 Å². The highest BCUT2D eigenvalue weighted by molar-refractivity contribution is 6.07. The second-order valence-corrected chi connectivity index (χ2v) is 4.75. The van der Waals surface area contributed by atoms with E-state index in [9.17, 15) is 14.7 Å². The van der Waals surface area contributed by atoms with Crippen LogP contribution in [-0.4, -0.2) is 48.6 Å². The Morgan fingerprint density at radius 2 is 1.43 bits per heavy atom. The SMILES string of the molecule is CCCOC(CC)C(=O)C(OCCC)(OCCC)C(=O)O. The molecule has 0 aliphatic carbocycles. The minimum absolute atomic E-state index is 0.131. The van der Waals surface area contributed by atoms with Crippen LogP contribution >= 0.6 is 0 Å². The zero-order chi connectivity index (χ0) is 16.3. The van der Waals surface area contributed by atoms with Crippen LogP contribution < -0.4 is 0 Å². The molecule has 21 heavy (non-hydrogen) atoms. The van der Waals surface area contributed by atoms with Gasteiger partial charge in [0.05, 0.1) is 13.2 Å². The average molecular weight is 304 g/mol. The van der Waals surface area contributed by atoms with Crippen LogP contribution in [-0.2, 0) is 23.8 Å². The van der Waals surface area contributed by atoms with Crippen molar-refractivity contribution in [2.24, 2.45) is 0 Å². The van der Waals surface area contributed by atoms with Crippen LogP contribution in [0.15, 0.2) is 0 Å². The Kier molecular flexibility index (Phi) is 10.2. The van der Waals surface area contributed by atoms with Crippen molar-refractivity contribution in [1.29, 1.82) is 0 Å². The van der Waals surface area contributed by atoms with Crippen molar-refractivity contribution in [3.63, 3.8) is 0 Å². The fourth-order valence-electron chi connectivity index (χ4n) is 1.76. The van der Waals surface area contributed by atoms with Gasteiger partial charge in [0.15, 0.2) is 0 Å². The highest BCUT2D eigenvalue weighted by Gasteiger charge is 2.51. The molecule has 0 spiro atoms. The van der Waals surface area contributed by atoms with Crippen molar-refractivity contribution in [3.8, 4) is 0 Å². The molecule has 0 aliphatic heterocycles. The van der Waals surface area contributed by atoms with Gasteiger partial charge in [-0.05, 0) is 25.7 Å².